The van der Waals surface area contributed by atoms with Crippen LogP contribution in [0, 0.1) is 13.8 Å². The fourth-order valence-corrected chi connectivity index (χ4v) is 3.37. The minimum Gasteiger partial charge on any atom is -0.507 e. The minimum absolute atomic E-state index is 0.0316. The van der Waals surface area contributed by atoms with Crippen LogP contribution in [-0.4, -0.2) is 10.9 Å². The topological polar surface area (TPSA) is 37.3 Å². The Bertz CT molecular complexity index is 695. The molecule has 21 heavy (non-hydrogen) atoms. The zero-order valence-corrected chi connectivity index (χ0v) is 13.8. The second-order valence-electron chi connectivity index (χ2n) is 5.07. The third kappa shape index (κ3) is 3.80. The number of phenols is 1. The van der Waals surface area contributed by atoms with Crippen molar-refractivity contribution in [1.29, 1.82) is 0 Å². The first-order valence-electron chi connectivity index (χ1n) is 6.61. The Morgan fingerprint density at radius 3 is 2.57 bits per heavy atom. The summed E-state index contributed by atoms with van der Waals surface area (Å²) in [5.41, 5.74) is 3.38. The molecule has 0 saturated heterocycles. The predicted octanol–water partition coefficient (Wildman–Crippen LogP) is 5.16. The van der Waals surface area contributed by atoms with Gasteiger partial charge in [-0.05, 0) is 44.5 Å². The Morgan fingerprint density at radius 1 is 1.24 bits per heavy atom. The van der Waals surface area contributed by atoms with Gasteiger partial charge in [-0.1, -0.05) is 29.3 Å². The normalized spacial score (nSPS) is 10.7. The molecule has 0 atom stereocenters. The van der Waals surface area contributed by atoms with Crippen molar-refractivity contribution < 1.29 is 9.90 Å². The molecule has 0 bridgehead atoms. The van der Waals surface area contributed by atoms with Crippen LogP contribution in [0.25, 0.3) is 0 Å². The van der Waals surface area contributed by atoms with E-state index in [1.807, 2.05) is 0 Å². The number of phenolic OH excluding ortho intramolecular Hbond substituents is 1. The Morgan fingerprint density at radius 2 is 1.95 bits per heavy atom. The van der Waals surface area contributed by atoms with Gasteiger partial charge in [-0.2, -0.15) is 0 Å². The average Bonchev–Trinajstić information content (AvgIpc) is 2.40. The molecule has 0 aliphatic carbocycles. The largest absolute Gasteiger partial charge is 0.507 e. The predicted molar refractivity (Wildman–Crippen MR) is 88.6 cm³/mol. The standard InChI is InChI=1S/C17H17ClO2S/c1-10-4-5-16(11(2)6-10)21-9-13-7-14(18)8-15(12(3)19)17(13)20/h4-8,20H,9H2,1-3H3. The molecule has 0 saturated carbocycles. The summed E-state index contributed by atoms with van der Waals surface area (Å²) >= 11 is 7.65. The maximum Gasteiger partial charge on any atom is 0.163 e. The first kappa shape index (κ1) is 15.9. The SMILES string of the molecule is CC(=O)c1cc(Cl)cc(CSc2ccc(C)cc2C)c1O. The Hall–Kier alpha value is -1.45. The molecule has 2 aromatic carbocycles. The smallest absolute Gasteiger partial charge is 0.163 e. The van der Waals surface area contributed by atoms with Crippen LogP contribution in [0.5, 0.6) is 5.75 Å². The maximum absolute atomic E-state index is 11.5. The van der Waals surface area contributed by atoms with Crippen molar-refractivity contribution in [2.24, 2.45) is 0 Å². The van der Waals surface area contributed by atoms with Crippen LogP contribution < -0.4 is 0 Å². The fourth-order valence-electron chi connectivity index (χ4n) is 2.15. The third-order valence-electron chi connectivity index (χ3n) is 3.25. The monoisotopic (exact) mass is 320 g/mol. The molecular weight excluding hydrogens is 304 g/mol. The molecule has 0 aliphatic heterocycles. The number of ketones is 1. The van der Waals surface area contributed by atoms with E-state index in [0.29, 0.717) is 16.3 Å². The van der Waals surface area contributed by atoms with Gasteiger partial charge in [0.05, 0.1) is 5.56 Å². The molecule has 0 aliphatic rings. The van der Waals surface area contributed by atoms with Crippen LogP contribution in [0.1, 0.15) is 34.0 Å². The summed E-state index contributed by atoms with van der Waals surface area (Å²) in [7, 11) is 0. The highest BCUT2D eigenvalue weighted by atomic mass is 35.5. The summed E-state index contributed by atoms with van der Waals surface area (Å²) in [6.45, 7) is 5.55. The highest BCUT2D eigenvalue weighted by Crippen LogP contribution is 2.34. The number of benzene rings is 2. The average molecular weight is 321 g/mol. The highest BCUT2D eigenvalue weighted by Gasteiger charge is 2.13. The van der Waals surface area contributed by atoms with Crippen molar-refractivity contribution in [3.05, 3.63) is 57.6 Å². The molecule has 0 spiro atoms. The lowest BCUT2D eigenvalue weighted by Gasteiger charge is -2.10. The van der Waals surface area contributed by atoms with Crippen LogP contribution in [0.15, 0.2) is 35.2 Å². The van der Waals surface area contributed by atoms with Gasteiger partial charge in [-0.25, -0.2) is 0 Å². The van der Waals surface area contributed by atoms with Crippen molar-refractivity contribution in [3.63, 3.8) is 0 Å². The van der Waals surface area contributed by atoms with Gasteiger partial charge in [0.1, 0.15) is 5.75 Å². The minimum atomic E-state index is -0.187. The van der Waals surface area contributed by atoms with Gasteiger partial charge in [-0.15, -0.1) is 11.8 Å². The number of rotatable bonds is 4. The van der Waals surface area contributed by atoms with Crippen LogP contribution in [0.2, 0.25) is 5.02 Å². The van der Waals surface area contributed by atoms with Crippen molar-refractivity contribution in [2.45, 2.75) is 31.4 Å². The fraction of sp³-hybridized carbons (Fsp3) is 0.235. The molecule has 4 heteroatoms. The number of carbonyl (C=O) groups is 1. The maximum atomic E-state index is 11.5. The van der Waals surface area contributed by atoms with E-state index in [9.17, 15) is 9.90 Å². The van der Waals surface area contributed by atoms with Crippen molar-refractivity contribution in [2.75, 3.05) is 0 Å². The molecule has 0 aromatic heterocycles. The Labute approximate surface area is 134 Å². The van der Waals surface area contributed by atoms with E-state index >= 15 is 0 Å². The first-order chi connectivity index (χ1) is 9.88. The zero-order chi connectivity index (χ0) is 15.6. The van der Waals surface area contributed by atoms with Crippen molar-refractivity contribution >= 4 is 29.1 Å². The van der Waals surface area contributed by atoms with E-state index in [1.165, 1.54) is 24.1 Å². The van der Waals surface area contributed by atoms with Gasteiger partial charge in [-0.3, -0.25) is 4.79 Å². The highest BCUT2D eigenvalue weighted by molar-refractivity contribution is 7.98. The van der Waals surface area contributed by atoms with E-state index in [2.05, 4.69) is 32.0 Å². The molecule has 2 nitrogen and oxygen atoms in total. The molecule has 0 unspecified atom stereocenters. The summed E-state index contributed by atoms with van der Waals surface area (Å²) in [5.74, 6) is 0.410. The molecule has 1 N–H and O–H groups in total. The van der Waals surface area contributed by atoms with Gasteiger partial charge < -0.3 is 5.11 Å². The van der Waals surface area contributed by atoms with Crippen LogP contribution in [0.3, 0.4) is 0 Å². The van der Waals surface area contributed by atoms with Crippen molar-refractivity contribution in [3.8, 4) is 5.75 Å². The van der Waals surface area contributed by atoms with E-state index < -0.39 is 0 Å². The molecule has 0 amide bonds. The second kappa shape index (κ2) is 6.54. The first-order valence-corrected chi connectivity index (χ1v) is 7.97. The van der Waals surface area contributed by atoms with Gasteiger partial charge in [0.25, 0.3) is 0 Å². The van der Waals surface area contributed by atoms with Crippen LogP contribution in [-0.2, 0) is 5.75 Å². The number of aromatic hydroxyl groups is 1. The molecule has 0 radical (unpaired) electrons. The summed E-state index contributed by atoms with van der Waals surface area (Å²) in [4.78, 5) is 12.7. The molecule has 0 heterocycles. The zero-order valence-electron chi connectivity index (χ0n) is 12.2. The number of Topliss-reactive ketones (excluding diaryl/α,β-unsaturated/α-hetero) is 1. The molecule has 0 fully saturated rings. The van der Waals surface area contributed by atoms with Gasteiger partial charge >= 0.3 is 0 Å². The summed E-state index contributed by atoms with van der Waals surface area (Å²) < 4.78 is 0. The Balaban J connectivity index is 2.26. The van der Waals surface area contributed by atoms with E-state index in [4.69, 9.17) is 11.6 Å². The number of thioether (sulfide) groups is 1. The number of carbonyl (C=O) groups excluding carboxylic acids is 1. The number of aryl methyl sites for hydroxylation is 2. The number of hydrogen-bond donors (Lipinski definition) is 1. The molecule has 2 aromatic rings. The quantitative estimate of drug-likeness (QED) is 0.624. The third-order valence-corrected chi connectivity index (χ3v) is 4.69. The van der Waals surface area contributed by atoms with E-state index in [1.54, 1.807) is 17.8 Å². The number of hydrogen-bond acceptors (Lipinski definition) is 3. The number of halogens is 1. The second-order valence-corrected chi connectivity index (χ2v) is 6.53. The summed E-state index contributed by atoms with van der Waals surface area (Å²) in [5, 5.41) is 10.6. The van der Waals surface area contributed by atoms with Crippen LogP contribution >= 0.6 is 23.4 Å². The van der Waals surface area contributed by atoms with E-state index in [-0.39, 0.29) is 17.1 Å². The lowest BCUT2D eigenvalue weighted by atomic mass is 10.1. The van der Waals surface area contributed by atoms with Crippen molar-refractivity contribution in [1.82, 2.24) is 0 Å². The summed E-state index contributed by atoms with van der Waals surface area (Å²) in [6.07, 6.45) is 0. The lowest BCUT2D eigenvalue weighted by Crippen LogP contribution is -1.96. The lowest BCUT2D eigenvalue weighted by molar-refractivity contribution is 0.101. The van der Waals surface area contributed by atoms with Gasteiger partial charge in [0, 0.05) is 21.2 Å². The van der Waals surface area contributed by atoms with E-state index in [0.717, 1.165) is 4.90 Å². The summed E-state index contributed by atoms with van der Waals surface area (Å²) in [6, 6.07) is 9.47. The molecule has 2 rings (SSSR count). The van der Waals surface area contributed by atoms with Crippen LogP contribution in [0.4, 0.5) is 0 Å². The molecule has 110 valence electrons. The molecular formula is C17H17ClO2S. The Kier molecular flexibility index (Phi) is 4.96. The van der Waals surface area contributed by atoms with Gasteiger partial charge in [0.15, 0.2) is 5.78 Å². The van der Waals surface area contributed by atoms with Gasteiger partial charge in [0.2, 0.25) is 0 Å².